The highest BCUT2D eigenvalue weighted by Gasteiger charge is 2.21. The van der Waals surface area contributed by atoms with Crippen LogP contribution in [-0.2, 0) is 0 Å². The summed E-state index contributed by atoms with van der Waals surface area (Å²) < 4.78 is 0. The Kier molecular flexibility index (Phi) is 6.33. The number of fused-ring (bicyclic) bond motifs is 2. The first kappa shape index (κ1) is 23.3. The van der Waals surface area contributed by atoms with Gasteiger partial charge < -0.3 is 30.4 Å². The highest BCUT2D eigenvalue weighted by atomic mass is 35.5. The van der Waals surface area contributed by atoms with Crippen LogP contribution in [0.15, 0.2) is 41.2 Å². The molecule has 4 aromatic rings. The molecule has 2 aliphatic rings. The first-order valence-corrected chi connectivity index (χ1v) is 13.2. The highest BCUT2D eigenvalue weighted by molar-refractivity contribution is 6.31. The van der Waals surface area contributed by atoms with Gasteiger partial charge in [0.05, 0.1) is 22.2 Å². The van der Waals surface area contributed by atoms with Crippen molar-refractivity contribution in [2.75, 3.05) is 63.1 Å². The van der Waals surface area contributed by atoms with E-state index >= 15 is 0 Å². The van der Waals surface area contributed by atoms with Crippen LogP contribution < -0.4 is 21.1 Å². The molecule has 0 spiro atoms. The molecule has 2 aliphatic heterocycles. The van der Waals surface area contributed by atoms with Gasteiger partial charge >= 0.3 is 0 Å². The van der Waals surface area contributed by atoms with Crippen molar-refractivity contribution < 1.29 is 0 Å². The van der Waals surface area contributed by atoms with Crippen LogP contribution in [0.1, 0.15) is 12.8 Å². The van der Waals surface area contributed by atoms with Crippen LogP contribution in [-0.4, -0.2) is 72.7 Å². The number of halogens is 1. The number of hydrogen-bond acceptors (Lipinski definition) is 6. The monoisotopic (exact) mass is 505 g/mol. The van der Waals surface area contributed by atoms with Gasteiger partial charge in [0.1, 0.15) is 11.4 Å². The largest absolute Gasteiger partial charge is 0.383 e. The minimum Gasteiger partial charge on any atom is -0.383 e. The van der Waals surface area contributed by atoms with Gasteiger partial charge in [0.15, 0.2) is 0 Å². The normalized spacial score (nSPS) is 19.3. The number of piperidine rings is 1. The van der Waals surface area contributed by atoms with Gasteiger partial charge in [-0.05, 0) is 75.3 Å². The van der Waals surface area contributed by atoms with E-state index in [0.29, 0.717) is 22.3 Å². The number of nitrogens with zero attached hydrogens (tertiary/aromatic N) is 3. The number of likely N-dealkylation sites (N-methyl/N-ethyl adjacent to an activating group) is 1. The summed E-state index contributed by atoms with van der Waals surface area (Å²) in [5.41, 5.74) is 4.82. The summed E-state index contributed by atoms with van der Waals surface area (Å²) in [7, 11) is 2.16. The first-order valence-electron chi connectivity index (χ1n) is 12.8. The van der Waals surface area contributed by atoms with Gasteiger partial charge in [-0.3, -0.25) is 4.79 Å². The van der Waals surface area contributed by atoms with E-state index in [1.54, 1.807) is 6.07 Å². The number of hydrogen-bond donors (Lipinski definition) is 4. The Morgan fingerprint density at radius 3 is 2.75 bits per heavy atom. The molecular formula is C27H32ClN7O. The Labute approximate surface area is 215 Å². The molecule has 2 aromatic heterocycles. The smallest absolute Gasteiger partial charge is 0.261 e. The van der Waals surface area contributed by atoms with Gasteiger partial charge in [-0.2, -0.15) is 0 Å². The molecule has 188 valence electrons. The lowest BCUT2D eigenvalue weighted by molar-refractivity contribution is 0.313. The Morgan fingerprint density at radius 2 is 1.94 bits per heavy atom. The van der Waals surface area contributed by atoms with Gasteiger partial charge in [-0.25, -0.2) is 4.98 Å². The lowest BCUT2D eigenvalue weighted by Crippen LogP contribution is -2.44. The van der Waals surface area contributed by atoms with E-state index < -0.39 is 0 Å². The SMILES string of the molecule is CN1CCN(c2ccc3nc(-c4c(NCC5CCCNC5)c5cc(Cl)ccc5[nH]c4=O)[nH]c3c2)CC1. The zero-order chi connectivity index (χ0) is 24.6. The number of imidazole rings is 1. The molecule has 0 saturated carbocycles. The number of benzene rings is 2. The van der Waals surface area contributed by atoms with E-state index in [1.165, 1.54) is 12.1 Å². The number of nitrogens with one attached hydrogen (secondary N) is 4. The second kappa shape index (κ2) is 9.76. The fourth-order valence-electron chi connectivity index (χ4n) is 5.40. The average Bonchev–Trinajstić information content (AvgIpc) is 3.31. The van der Waals surface area contributed by atoms with Crippen LogP contribution in [0.4, 0.5) is 11.4 Å². The number of anilines is 2. The third kappa shape index (κ3) is 4.56. The van der Waals surface area contributed by atoms with Gasteiger partial charge in [-0.1, -0.05) is 11.6 Å². The van der Waals surface area contributed by atoms with Crippen molar-refractivity contribution in [2.24, 2.45) is 5.92 Å². The summed E-state index contributed by atoms with van der Waals surface area (Å²) in [6.45, 7) is 6.92. The van der Waals surface area contributed by atoms with Gasteiger partial charge in [0.2, 0.25) is 0 Å². The molecule has 0 bridgehead atoms. The third-order valence-electron chi connectivity index (χ3n) is 7.51. The minimum absolute atomic E-state index is 0.174. The van der Waals surface area contributed by atoms with Crippen molar-refractivity contribution >= 4 is 44.9 Å². The number of rotatable bonds is 5. The van der Waals surface area contributed by atoms with E-state index in [1.807, 2.05) is 18.2 Å². The summed E-state index contributed by atoms with van der Waals surface area (Å²) in [5, 5.41) is 8.60. The Morgan fingerprint density at radius 1 is 1.08 bits per heavy atom. The van der Waals surface area contributed by atoms with Crippen LogP contribution in [0.5, 0.6) is 0 Å². The van der Waals surface area contributed by atoms with Crippen LogP contribution in [0.2, 0.25) is 5.02 Å². The fraction of sp³-hybridized carbons (Fsp3) is 0.407. The molecule has 4 heterocycles. The molecule has 1 atom stereocenters. The molecular weight excluding hydrogens is 474 g/mol. The van der Waals surface area contributed by atoms with Crippen LogP contribution >= 0.6 is 11.6 Å². The third-order valence-corrected chi connectivity index (χ3v) is 7.75. The van der Waals surface area contributed by atoms with Gasteiger partial charge in [-0.15, -0.1) is 0 Å². The van der Waals surface area contributed by atoms with Crippen LogP contribution in [0.25, 0.3) is 33.3 Å². The average molecular weight is 506 g/mol. The van der Waals surface area contributed by atoms with Crippen molar-refractivity contribution in [2.45, 2.75) is 12.8 Å². The first-order chi connectivity index (χ1) is 17.5. The van der Waals surface area contributed by atoms with Crippen molar-refractivity contribution in [3.05, 3.63) is 51.8 Å². The maximum Gasteiger partial charge on any atom is 0.261 e. The maximum absolute atomic E-state index is 13.4. The number of aromatic nitrogens is 3. The fourth-order valence-corrected chi connectivity index (χ4v) is 5.57. The summed E-state index contributed by atoms with van der Waals surface area (Å²) in [6, 6.07) is 11.9. The number of H-pyrrole nitrogens is 2. The summed E-state index contributed by atoms with van der Waals surface area (Å²) in [5.74, 6) is 1.06. The number of aromatic amines is 2. The van der Waals surface area contributed by atoms with Crippen molar-refractivity contribution in [3.8, 4) is 11.4 Å². The van der Waals surface area contributed by atoms with Crippen LogP contribution in [0.3, 0.4) is 0 Å². The molecule has 9 heteroatoms. The second-order valence-electron chi connectivity index (χ2n) is 10.1. The van der Waals surface area contributed by atoms with E-state index in [0.717, 1.165) is 79.9 Å². The van der Waals surface area contributed by atoms with Crippen molar-refractivity contribution in [1.82, 2.24) is 25.2 Å². The minimum atomic E-state index is -0.174. The second-order valence-corrected chi connectivity index (χ2v) is 10.5. The molecule has 2 fully saturated rings. The Bertz CT molecular complexity index is 1450. The lowest BCUT2D eigenvalue weighted by atomic mass is 9.99. The topological polar surface area (TPSA) is 92.1 Å². The zero-order valence-corrected chi connectivity index (χ0v) is 21.3. The molecule has 8 nitrogen and oxygen atoms in total. The zero-order valence-electron chi connectivity index (χ0n) is 20.5. The molecule has 4 N–H and O–H groups in total. The maximum atomic E-state index is 13.4. The molecule has 36 heavy (non-hydrogen) atoms. The molecule has 2 aromatic carbocycles. The summed E-state index contributed by atoms with van der Waals surface area (Å²) in [4.78, 5) is 29.5. The van der Waals surface area contributed by atoms with E-state index in [2.05, 4.69) is 49.6 Å². The predicted octanol–water partition coefficient (Wildman–Crippen LogP) is 3.89. The predicted molar refractivity (Wildman–Crippen MR) is 148 cm³/mol. The molecule has 2 saturated heterocycles. The van der Waals surface area contributed by atoms with Crippen LogP contribution in [0, 0.1) is 5.92 Å². The molecule has 0 radical (unpaired) electrons. The van der Waals surface area contributed by atoms with E-state index in [4.69, 9.17) is 16.6 Å². The van der Waals surface area contributed by atoms with Gasteiger partial charge in [0, 0.05) is 48.8 Å². The Hall–Kier alpha value is -3.07. The van der Waals surface area contributed by atoms with Crippen molar-refractivity contribution in [1.29, 1.82) is 0 Å². The molecule has 0 aliphatic carbocycles. The molecule has 1 unspecified atom stereocenters. The van der Waals surface area contributed by atoms with E-state index in [-0.39, 0.29) is 5.56 Å². The Balaban J connectivity index is 1.41. The quantitative estimate of drug-likeness (QED) is 0.329. The number of piperazine rings is 1. The standard InChI is InChI=1S/C27H32ClN7O/c1-34-9-11-35(12-10-34)19-5-7-22-23(14-19)32-26(31-22)24-25(30-16-17-3-2-8-29-15-17)20-13-18(28)4-6-21(20)33-27(24)36/h4-7,13-14,17,29H,2-3,8-12,15-16H2,1H3,(H,31,32)(H2,30,33,36). The van der Waals surface area contributed by atoms with Crippen molar-refractivity contribution in [3.63, 3.8) is 0 Å². The highest BCUT2D eigenvalue weighted by Crippen LogP contribution is 2.33. The lowest BCUT2D eigenvalue weighted by Gasteiger charge is -2.34. The number of pyridine rings is 1. The molecule has 0 amide bonds. The summed E-state index contributed by atoms with van der Waals surface area (Å²) in [6.07, 6.45) is 2.33. The summed E-state index contributed by atoms with van der Waals surface area (Å²) >= 11 is 6.38. The molecule has 6 rings (SSSR count). The van der Waals surface area contributed by atoms with Gasteiger partial charge in [0.25, 0.3) is 5.56 Å². The van der Waals surface area contributed by atoms with E-state index in [9.17, 15) is 4.79 Å².